The van der Waals surface area contributed by atoms with Crippen molar-refractivity contribution in [1.82, 2.24) is 5.32 Å². The fraction of sp³-hybridized carbons (Fsp3) is 0.385. The van der Waals surface area contributed by atoms with Crippen molar-refractivity contribution in [2.45, 2.75) is 6.42 Å². The highest BCUT2D eigenvalue weighted by molar-refractivity contribution is 5.93. The van der Waals surface area contributed by atoms with Gasteiger partial charge in [0.15, 0.2) is 0 Å². The number of aromatic hydroxyl groups is 1. The average Bonchev–Trinajstić information content (AvgIpc) is 2.91. The van der Waals surface area contributed by atoms with Crippen LogP contribution in [0.1, 0.15) is 16.8 Å². The molecule has 0 bridgehead atoms. The van der Waals surface area contributed by atoms with E-state index in [2.05, 4.69) is 10.6 Å². The fourth-order valence-electron chi connectivity index (χ4n) is 1.92. The first-order valence-corrected chi connectivity index (χ1v) is 6.25. The Kier molecular flexibility index (Phi) is 4.41. The predicted molar refractivity (Wildman–Crippen MR) is 71.0 cm³/mol. The molecule has 0 aliphatic carbocycles. The van der Waals surface area contributed by atoms with E-state index in [0.717, 1.165) is 12.5 Å². The minimum absolute atomic E-state index is 0.0448. The predicted octanol–water partition coefficient (Wildman–Crippen LogP) is 1.25. The summed E-state index contributed by atoms with van der Waals surface area (Å²) in [4.78, 5) is 22.4. The molecule has 2 amide bonds. The quantitative estimate of drug-likeness (QED) is 0.621. The average molecular weight is 280 g/mol. The molecule has 7 heteroatoms. The highest BCUT2D eigenvalue weighted by atomic mass is 16.5. The molecular formula is C13H16N2O5. The van der Waals surface area contributed by atoms with E-state index in [0.29, 0.717) is 25.7 Å². The Labute approximate surface area is 115 Å². The van der Waals surface area contributed by atoms with Gasteiger partial charge in [-0.25, -0.2) is 9.59 Å². The van der Waals surface area contributed by atoms with Crippen LogP contribution in [0.15, 0.2) is 18.2 Å². The Hall–Kier alpha value is -2.28. The molecule has 108 valence electrons. The number of ether oxygens (including phenoxy) is 1. The number of urea groups is 1. The largest absolute Gasteiger partial charge is 0.506 e. The number of rotatable bonds is 4. The second-order valence-corrected chi connectivity index (χ2v) is 4.60. The van der Waals surface area contributed by atoms with E-state index in [1.807, 2.05) is 0 Å². The van der Waals surface area contributed by atoms with Gasteiger partial charge in [-0.15, -0.1) is 0 Å². The van der Waals surface area contributed by atoms with E-state index < -0.39 is 12.0 Å². The van der Waals surface area contributed by atoms with Gasteiger partial charge in [-0.2, -0.15) is 0 Å². The zero-order valence-corrected chi connectivity index (χ0v) is 10.8. The first-order valence-electron chi connectivity index (χ1n) is 6.25. The summed E-state index contributed by atoms with van der Waals surface area (Å²) < 4.78 is 5.20. The lowest BCUT2D eigenvalue weighted by molar-refractivity contribution is 0.0696. The number of anilines is 1. The van der Waals surface area contributed by atoms with Crippen molar-refractivity contribution in [3.05, 3.63) is 23.8 Å². The number of carboxylic acids is 1. The first kappa shape index (κ1) is 14.1. The standard InChI is InChI=1S/C13H16N2O5/c16-11-5-9(12(17)18)1-2-10(11)15-13(19)14-6-8-3-4-20-7-8/h1-2,5,8,16H,3-4,6-7H2,(H,17,18)(H2,14,15,19). The number of hydrogen-bond donors (Lipinski definition) is 4. The van der Waals surface area contributed by atoms with E-state index >= 15 is 0 Å². The molecular weight excluding hydrogens is 264 g/mol. The highest BCUT2D eigenvalue weighted by Crippen LogP contribution is 2.24. The van der Waals surface area contributed by atoms with Crippen LogP contribution in [0.4, 0.5) is 10.5 Å². The van der Waals surface area contributed by atoms with Gasteiger partial charge in [0, 0.05) is 19.1 Å². The Bertz CT molecular complexity index is 511. The highest BCUT2D eigenvalue weighted by Gasteiger charge is 2.16. The van der Waals surface area contributed by atoms with Gasteiger partial charge in [0.25, 0.3) is 0 Å². The number of hydrogen-bond acceptors (Lipinski definition) is 4. The van der Waals surface area contributed by atoms with Crippen LogP contribution in [0.25, 0.3) is 0 Å². The zero-order valence-electron chi connectivity index (χ0n) is 10.8. The summed E-state index contributed by atoms with van der Waals surface area (Å²) in [5, 5.41) is 23.6. The molecule has 1 aromatic carbocycles. The van der Waals surface area contributed by atoms with Gasteiger partial charge in [-0.3, -0.25) is 0 Å². The summed E-state index contributed by atoms with van der Waals surface area (Å²) in [6.45, 7) is 1.85. The maximum absolute atomic E-state index is 11.6. The lowest BCUT2D eigenvalue weighted by Gasteiger charge is -2.11. The molecule has 1 saturated heterocycles. The van der Waals surface area contributed by atoms with Gasteiger partial charge >= 0.3 is 12.0 Å². The maximum Gasteiger partial charge on any atom is 0.335 e. The summed E-state index contributed by atoms with van der Waals surface area (Å²) in [6, 6.07) is 3.29. The summed E-state index contributed by atoms with van der Waals surface area (Å²) in [7, 11) is 0. The molecule has 0 saturated carbocycles. The van der Waals surface area contributed by atoms with Crippen LogP contribution in [0.2, 0.25) is 0 Å². The lowest BCUT2D eigenvalue weighted by Crippen LogP contribution is -2.33. The molecule has 0 spiro atoms. The molecule has 1 aliphatic heterocycles. The Balaban J connectivity index is 1.88. The van der Waals surface area contributed by atoms with Gasteiger partial charge in [-0.1, -0.05) is 0 Å². The van der Waals surface area contributed by atoms with Crippen LogP contribution in [0.3, 0.4) is 0 Å². The topological polar surface area (TPSA) is 108 Å². The van der Waals surface area contributed by atoms with Crippen molar-refractivity contribution in [3.8, 4) is 5.75 Å². The van der Waals surface area contributed by atoms with Crippen molar-refractivity contribution >= 4 is 17.7 Å². The molecule has 1 aliphatic rings. The lowest BCUT2D eigenvalue weighted by atomic mass is 10.1. The third-order valence-electron chi connectivity index (χ3n) is 3.07. The van der Waals surface area contributed by atoms with Crippen molar-refractivity contribution in [2.24, 2.45) is 5.92 Å². The summed E-state index contributed by atoms with van der Waals surface area (Å²) in [5.74, 6) is -1.12. The van der Waals surface area contributed by atoms with Crippen LogP contribution in [-0.2, 0) is 4.74 Å². The smallest absolute Gasteiger partial charge is 0.335 e. The number of benzene rings is 1. The third-order valence-corrected chi connectivity index (χ3v) is 3.07. The van der Waals surface area contributed by atoms with Gasteiger partial charge < -0.3 is 25.6 Å². The summed E-state index contributed by atoms with van der Waals surface area (Å²) in [5.41, 5.74) is 0.117. The molecule has 1 unspecified atom stereocenters. The van der Waals surface area contributed by atoms with Gasteiger partial charge in [0.2, 0.25) is 0 Å². The second-order valence-electron chi connectivity index (χ2n) is 4.60. The molecule has 2 rings (SSSR count). The zero-order chi connectivity index (χ0) is 14.5. The molecule has 1 fully saturated rings. The Morgan fingerprint density at radius 3 is 2.80 bits per heavy atom. The van der Waals surface area contributed by atoms with Crippen molar-refractivity contribution in [3.63, 3.8) is 0 Å². The summed E-state index contributed by atoms with van der Waals surface area (Å²) >= 11 is 0. The minimum atomic E-state index is -1.14. The molecule has 20 heavy (non-hydrogen) atoms. The number of amides is 2. The molecule has 0 radical (unpaired) electrons. The first-order chi connectivity index (χ1) is 9.56. The van der Waals surface area contributed by atoms with Crippen LogP contribution >= 0.6 is 0 Å². The number of aromatic carboxylic acids is 1. The number of nitrogens with one attached hydrogen (secondary N) is 2. The fourth-order valence-corrected chi connectivity index (χ4v) is 1.92. The van der Waals surface area contributed by atoms with Crippen molar-refractivity contribution < 1.29 is 24.5 Å². The van der Waals surface area contributed by atoms with Crippen LogP contribution in [0.5, 0.6) is 5.75 Å². The van der Waals surface area contributed by atoms with Crippen LogP contribution < -0.4 is 10.6 Å². The van der Waals surface area contributed by atoms with Gasteiger partial charge in [0.1, 0.15) is 5.75 Å². The van der Waals surface area contributed by atoms with E-state index in [4.69, 9.17) is 9.84 Å². The number of carboxylic acid groups (broad SMARTS) is 1. The second kappa shape index (κ2) is 6.25. The molecule has 7 nitrogen and oxygen atoms in total. The van der Waals surface area contributed by atoms with Crippen LogP contribution in [-0.4, -0.2) is 42.0 Å². The molecule has 0 aromatic heterocycles. The van der Waals surface area contributed by atoms with Gasteiger partial charge in [0.05, 0.1) is 17.9 Å². The van der Waals surface area contributed by atoms with E-state index in [1.165, 1.54) is 12.1 Å². The molecule has 1 aromatic rings. The Morgan fingerprint density at radius 2 is 2.20 bits per heavy atom. The normalized spacial score (nSPS) is 17.7. The number of carbonyl (C=O) groups excluding carboxylic acids is 1. The minimum Gasteiger partial charge on any atom is -0.506 e. The van der Waals surface area contributed by atoms with Crippen molar-refractivity contribution in [1.29, 1.82) is 0 Å². The number of carbonyl (C=O) groups is 2. The molecule has 1 atom stereocenters. The third kappa shape index (κ3) is 3.61. The van der Waals surface area contributed by atoms with E-state index in [1.54, 1.807) is 0 Å². The number of phenolic OH excluding ortho intramolecular Hbond substituents is 1. The number of phenols is 1. The van der Waals surface area contributed by atoms with Crippen molar-refractivity contribution in [2.75, 3.05) is 25.1 Å². The monoisotopic (exact) mass is 280 g/mol. The Morgan fingerprint density at radius 1 is 1.40 bits per heavy atom. The molecule has 1 heterocycles. The van der Waals surface area contributed by atoms with E-state index in [-0.39, 0.29) is 17.0 Å². The van der Waals surface area contributed by atoms with Crippen LogP contribution in [0, 0.1) is 5.92 Å². The van der Waals surface area contributed by atoms with Gasteiger partial charge in [-0.05, 0) is 24.6 Å². The molecule has 4 N–H and O–H groups in total. The maximum atomic E-state index is 11.6. The van der Waals surface area contributed by atoms with E-state index in [9.17, 15) is 14.7 Å². The SMILES string of the molecule is O=C(NCC1CCOC1)Nc1ccc(C(=O)O)cc1O. The summed E-state index contributed by atoms with van der Waals surface area (Å²) in [6.07, 6.45) is 0.916.